The number of thioether (sulfide) groups is 1. The van der Waals surface area contributed by atoms with Crippen molar-refractivity contribution in [1.82, 2.24) is 9.97 Å². The fourth-order valence-corrected chi connectivity index (χ4v) is 2.70. The Morgan fingerprint density at radius 1 is 1.30 bits per heavy atom. The van der Waals surface area contributed by atoms with Crippen molar-refractivity contribution in [1.29, 1.82) is 0 Å². The van der Waals surface area contributed by atoms with Crippen molar-refractivity contribution < 1.29 is 10.2 Å². The summed E-state index contributed by atoms with van der Waals surface area (Å²) >= 11 is 4.89. The normalized spacial score (nSPS) is 10.6. The van der Waals surface area contributed by atoms with Gasteiger partial charge in [-0.1, -0.05) is 0 Å². The van der Waals surface area contributed by atoms with E-state index in [0.29, 0.717) is 17.5 Å². The summed E-state index contributed by atoms with van der Waals surface area (Å²) < 4.78 is 0.771. The number of hydrogen-bond acceptors (Lipinski definition) is 7. The molecule has 4 N–H and O–H groups in total. The molecule has 6 nitrogen and oxygen atoms in total. The van der Waals surface area contributed by atoms with Gasteiger partial charge in [-0.3, -0.25) is 0 Å². The summed E-state index contributed by atoms with van der Waals surface area (Å²) in [6.07, 6.45) is 5.19. The summed E-state index contributed by atoms with van der Waals surface area (Å²) in [5, 5.41) is 25.0. The number of aromatic nitrogens is 2. The molecule has 0 amide bonds. The average Bonchev–Trinajstić information content (AvgIpc) is 2.54. The molecule has 0 aliphatic rings. The minimum atomic E-state index is 0.189. The van der Waals surface area contributed by atoms with E-state index in [9.17, 15) is 5.11 Å². The number of hydrogen-bond donors (Lipinski definition) is 4. The second kappa shape index (κ2) is 8.95. The van der Waals surface area contributed by atoms with Gasteiger partial charge in [0.05, 0.1) is 4.47 Å². The number of rotatable bonds is 8. The number of aromatic hydroxyl groups is 1. The van der Waals surface area contributed by atoms with E-state index in [4.69, 9.17) is 5.11 Å². The zero-order valence-corrected chi connectivity index (χ0v) is 15.1. The number of phenolic OH excluding ortho intramolecular Hbond substituents is 1. The summed E-state index contributed by atoms with van der Waals surface area (Å²) in [6.45, 7) is 0.911. The highest BCUT2D eigenvalue weighted by atomic mass is 79.9. The first-order valence-electron chi connectivity index (χ1n) is 7.15. The molecule has 0 aliphatic carbocycles. The van der Waals surface area contributed by atoms with E-state index in [0.717, 1.165) is 28.8 Å². The van der Waals surface area contributed by atoms with Gasteiger partial charge in [0.1, 0.15) is 11.6 Å². The van der Waals surface area contributed by atoms with Crippen molar-refractivity contribution in [3.05, 3.63) is 28.9 Å². The van der Waals surface area contributed by atoms with Gasteiger partial charge in [-0.05, 0) is 47.2 Å². The fraction of sp³-hybridized carbons (Fsp3) is 0.333. The zero-order chi connectivity index (χ0) is 16.7. The molecule has 8 heteroatoms. The van der Waals surface area contributed by atoms with Crippen LogP contribution in [0.5, 0.6) is 5.75 Å². The molecular weight excluding hydrogens is 380 g/mol. The molecule has 1 aromatic heterocycles. The second-order valence-electron chi connectivity index (χ2n) is 4.76. The molecule has 0 unspecified atom stereocenters. The SMILES string of the molecule is CSc1ccc(Nc2ncc(Br)c(NCCCCO)n2)cc1O. The van der Waals surface area contributed by atoms with Crippen LogP contribution in [-0.2, 0) is 0 Å². The van der Waals surface area contributed by atoms with Gasteiger partial charge in [-0.15, -0.1) is 11.8 Å². The average molecular weight is 399 g/mol. The van der Waals surface area contributed by atoms with Crippen LogP contribution in [0.3, 0.4) is 0 Å². The van der Waals surface area contributed by atoms with Crippen molar-refractivity contribution in [2.24, 2.45) is 0 Å². The predicted molar refractivity (Wildman–Crippen MR) is 97.7 cm³/mol. The fourth-order valence-electron chi connectivity index (χ4n) is 1.89. The van der Waals surface area contributed by atoms with Gasteiger partial charge >= 0.3 is 0 Å². The number of nitrogens with zero attached hydrogens (tertiary/aromatic N) is 2. The summed E-state index contributed by atoms with van der Waals surface area (Å²) in [5.41, 5.74) is 0.717. The molecular formula is C15H19BrN4O2S. The van der Waals surface area contributed by atoms with Gasteiger partial charge in [0.2, 0.25) is 5.95 Å². The van der Waals surface area contributed by atoms with Crippen LogP contribution in [0.1, 0.15) is 12.8 Å². The summed E-state index contributed by atoms with van der Waals surface area (Å²) in [4.78, 5) is 9.44. The molecule has 2 aromatic rings. The summed E-state index contributed by atoms with van der Waals surface area (Å²) in [7, 11) is 0. The Morgan fingerprint density at radius 2 is 2.13 bits per heavy atom. The van der Waals surface area contributed by atoms with E-state index in [1.165, 1.54) is 11.8 Å². The molecule has 0 spiro atoms. The maximum absolute atomic E-state index is 9.89. The van der Waals surface area contributed by atoms with Crippen LogP contribution >= 0.6 is 27.7 Å². The number of phenols is 1. The maximum Gasteiger partial charge on any atom is 0.229 e. The van der Waals surface area contributed by atoms with Crippen LogP contribution in [0.25, 0.3) is 0 Å². The lowest BCUT2D eigenvalue weighted by atomic mass is 10.3. The van der Waals surface area contributed by atoms with E-state index in [1.807, 2.05) is 18.4 Å². The number of nitrogens with one attached hydrogen (secondary N) is 2. The quantitative estimate of drug-likeness (QED) is 0.398. The minimum absolute atomic E-state index is 0.189. The highest BCUT2D eigenvalue weighted by Gasteiger charge is 2.07. The van der Waals surface area contributed by atoms with Crippen molar-refractivity contribution in [3.8, 4) is 5.75 Å². The van der Waals surface area contributed by atoms with Crippen LogP contribution in [0.2, 0.25) is 0 Å². The molecule has 1 aromatic carbocycles. The highest BCUT2D eigenvalue weighted by Crippen LogP contribution is 2.30. The Morgan fingerprint density at radius 3 is 2.83 bits per heavy atom. The standard InChI is InChI=1S/C15H19BrN4O2S/c1-23-13-5-4-10(8-12(13)22)19-15-18-9-11(16)14(20-15)17-6-2-3-7-21/h4-5,8-9,21-22H,2-3,6-7H2,1H3,(H2,17,18,19,20). The molecule has 0 aliphatic heterocycles. The minimum Gasteiger partial charge on any atom is -0.507 e. The van der Waals surface area contributed by atoms with E-state index in [1.54, 1.807) is 12.3 Å². The molecule has 0 saturated heterocycles. The van der Waals surface area contributed by atoms with Crippen molar-refractivity contribution >= 4 is 45.1 Å². The number of anilines is 3. The van der Waals surface area contributed by atoms with Gasteiger partial charge in [0.25, 0.3) is 0 Å². The molecule has 1 heterocycles. The molecule has 0 radical (unpaired) electrons. The first-order chi connectivity index (χ1) is 11.1. The first-order valence-corrected chi connectivity index (χ1v) is 9.17. The maximum atomic E-state index is 9.89. The number of halogens is 1. The Hall–Kier alpha value is -1.51. The number of aliphatic hydroxyl groups is 1. The first kappa shape index (κ1) is 17.8. The molecule has 0 fully saturated rings. The van der Waals surface area contributed by atoms with Crippen molar-refractivity contribution in [3.63, 3.8) is 0 Å². The lowest BCUT2D eigenvalue weighted by Gasteiger charge is -2.11. The van der Waals surface area contributed by atoms with Crippen LogP contribution in [0.4, 0.5) is 17.5 Å². The summed E-state index contributed by atoms with van der Waals surface area (Å²) in [5.74, 6) is 1.35. The van der Waals surface area contributed by atoms with Gasteiger partial charge in [0.15, 0.2) is 0 Å². The lowest BCUT2D eigenvalue weighted by molar-refractivity contribution is 0.286. The Kier molecular flexibility index (Phi) is 6.94. The Bertz CT molecular complexity index is 657. The Balaban J connectivity index is 2.06. The van der Waals surface area contributed by atoms with E-state index in [2.05, 4.69) is 36.5 Å². The van der Waals surface area contributed by atoms with E-state index in [-0.39, 0.29) is 12.4 Å². The molecule has 124 valence electrons. The molecule has 0 atom stereocenters. The van der Waals surface area contributed by atoms with Crippen molar-refractivity contribution in [2.45, 2.75) is 17.7 Å². The monoisotopic (exact) mass is 398 g/mol. The van der Waals surface area contributed by atoms with Crippen LogP contribution < -0.4 is 10.6 Å². The lowest BCUT2D eigenvalue weighted by Crippen LogP contribution is -2.07. The molecule has 0 bridgehead atoms. The predicted octanol–water partition coefficient (Wildman–Crippen LogP) is 3.59. The molecule has 0 saturated carbocycles. The highest BCUT2D eigenvalue weighted by molar-refractivity contribution is 9.10. The zero-order valence-electron chi connectivity index (χ0n) is 12.7. The molecule has 2 rings (SSSR count). The second-order valence-corrected chi connectivity index (χ2v) is 6.46. The van der Waals surface area contributed by atoms with Crippen LogP contribution in [0.15, 0.2) is 33.8 Å². The molecule has 23 heavy (non-hydrogen) atoms. The largest absolute Gasteiger partial charge is 0.507 e. The van der Waals surface area contributed by atoms with Gasteiger partial charge in [-0.2, -0.15) is 4.98 Å². The van der Waals surface area contributed by atoms with Gasteiger partial charge in [0, 0.05) is 36.0 Å². The van der Waals surface area contributed by atoms with Gasteiger partial charge in [-0.25, -0.2) is 4.98 Å². The van der Waals surface area contributed by atoms with Crippen molar-refractivity contribution in [2.75, 3.05) is 30.0 Å². The number of benzene rings is 1. The third-order valence-electron chi connectivity index (χ3n) is 3.06. The number of aliphatic hydroxyl groups excluding tert-OH is 1. The van der Waals surface area contributed by atoms with E-state index >= 15 is 0 Å². The smallest absolute Gasteiger partial charge is 0.229 e. The van der Waals surface area contributed by atoms with Gasteiger partial charge < -0.3 is 20.8 Å². The third kappa shape index (κ3) is 5.26. The Labute approximate surface area is 147 Å². The van der Waals surface area contributed by atoms with E-state index < -0.39 is 0 Å². The summed E-state index contributed by atoms with van der Waals surface area (Å²) in [6, 6.07) is 5.35. The van der Waals surface area contributed by atoms with Crippen LogP contribution in [-0.4, -0.2) is 39.6 Å². The number of unbranched alkanes of at least 4 members (excludes halogenated alkanes) is 1. The topological polar surface area (TPSA) is 90.3 Å². The third-order valence-corrected chi connectivity index (χ3v) is 4.42. The van der Waals surface area contributed by atoms with Crippen LogP contribution in [0, 0.1) is 0 Å².